The van der Waals surface area contributed by atoms with Crippen LogP contribution in [0.15, 0.2) is 0 Å². The number of rotatable bonds is 6. The van der Waals surface area contributed by atoms with Crippen LogP contribution in [0.2, 0.25) is 0 Å². The average molecular weight is 215 g/mol. The van der Waals surface area contributed by atoms with Gasteiger partial charge in [-0.2, -0.15) is 0 Å². The van der Waals surface area contributed by atoms with Crippen molar-refractivity contribution in [3.63, 3.8) is 0 Å². The molecule has 0 aromatic carbocycles. The van der Waals surface area contributed by atoms with Gasteiger partial charge in [0.15, 0.2) is 0 Å². The van der Waals surface area contributed by atoms with E-state index in [0.717, 1.165) is 25.7 Å². The van der Waals surface area contributed by atoms with Gasteiger partial charge in [0.1, 0.15) is 0 Å². The molecule has 0 saturated heterocycles. The Balaban J connectivity index is 4.33. The zero-order valence-electron chi connectivity index (χ0n) is 11.4. The summed E-state index contributed by atoms with van der Waals surface area (Å²) < 4.78 is 5.64. The van der Waals surface area contributed by atoms with Crippen molar-refractivity contribution < 1.29 is 4.74 Å². The summed E-state index contributed by atoms with van der Waals surface area (Å²) in [6, 6.07) is 0.150. The topological polar surface area (TPSA) is 35.2 Å². The fourth-order valence-electron chi connectivity index (χ4n) is 2.07. The fourth-order valence-corrected chi connectivity index (χ4v) is 2.07. The Hall–Kier alpha value is -0.0800. The molecule has 0 bridgehead atoms. The van der Waals surface area contributed by atoms with Crippen molar-refractivity contribution in [2.75, 3.05) is 7.11 Å². The van der Waals surface area contributed by atoms with Crippen LogP contribution in [-0.4, -0.2) is 18.8 Å². The van der Waals surface area contributed by atoms with Crippen LogP contribution < -0.4 is 5.73 Å². The summed E-state index contributed by atoms with van der Waals surface area (Å²) in [5.41, 5.74) is 6.51. The molecule has 0 aliphatic heterocycles. The second kappa shape index (κ2) is 5.86. The van der Waals surface area contributed by atoms with Gasteiger partial charge in [0.2, 0.25) is 0 Å². The third kappa shape index (κ3) is 4.52. The lowest BCUT2D eigenvalue weighted by Crippen LogP contribution is -2.49. The standard InChI is InChI=1S/C13H29NO/c1-7-13(8-2,15-6)11(14)9-10-12(3,4)5/h11H,7-10,14H2,1-6H3. The highest BCUT2D eigenvalue weighted by molar-refractivity contribution is 4.89. The van der Waals surface area contributed by atoms with Crippen molar-refractivity contribution >= 4 is 0 Å². The van der Waals surface area contributed by atoms with E-state index < -0.39 is 0 Å². The molecule has 1 atom stereocenters. The molecule has 0 aromatic heterocycles. The summed E-state index contributed by atoms with van der Waals surface area (Å²) in [6.07, 6.45) is 4.18. The number of ether oxygens (including phenoxy) is 1. The number of methoxy groups -OCH3 is 1. The van der Waals surface area contributed by atoms with Crippen LogP contribution in [0.1, 0.15) is 60.3 Å². The van der Waals surface area contributed by atoms with Crippen molar-refractivity contribution in [2.45, 2.75) is 71.9 Å². The fraction of sp³-hybridized carbons (Fsp3) is 1.00. The SMILES string of the molecule is CCC(CC)(OC)C(N)CCC(C)(C)C. The molecule has 92 valence electrons. The van der Waals surface area contributed by atoms with Crippen LogP contribution >= 0.6 is 0 Å². The van der Waals surface area contributed by atoms with E-state index in [1.165, 1.54) is 0 Å². The maximum absolute atomic E-state index is 6.27. The highest BCUT2D eigenvalue weighted by atomic mass is 16.5. The zero-order chi connectivity index (χ0) is 12.1. The molecule has 0 heterocycles. The Labute approximate surface area is 95.6 Å². The smallest absolute Gasteiger partial charge is 0.0823 e. The summed E-state index contributed by atoms with van der Waals surface area (Å²) in [4.78, 5) is 0. The molecule has 0 aromatic rings. The van der Waals surface area contributed by atoms with E-state index >= 15 is 0 Å². The largest absolute Gasteiger partial charge is 0.377 e. The molecule has 0 radical (unpaired) electrons. The lowest BCUT2D eigenvalue weighted by atomic mass is 9.81. The van der Waals surface area contributed by atoms with Gasteiger partial charge in [-0.3, -0.25) is 0 Å². The second-order valence-corrected chi connectivity index (χ2v) is 5.68. The Kier molecular flexibility index (Phi) is 5.82. The first-order valence-corrected chi connectivity index (χ1v) is 6.12. The summed E-state index contributed by atoms with van der Waals surface area (Å²) in [5.74, 6) is 0. The molecule has 1 unspecified atom stereocenters. The molecular formula is C13H29NO. The monoisotopic (exact) mass is 215 g/mol. The average Bonchev–Trinajstić information content (AvgIpc) is 2.17. The molecule has 15 heavy (non-hydrogen) atoms. The summed E-state index contributed by atoms with van der Waals surface area (Å²) in [5, 5.41) is 0. The quantitative estimate of drug-likeness (QED) is 0.737. The Morgan fingerprint density at radius 3 is 1.87 bits per heavy atom. The van der Waals surface area contributed by atoms with Gasteiger partial charge in [0, 0.05) is 13.2 Å². The minimum Gasteiger partial charge on any atom is -0.377 e. The molecule has 2 nitrogen and oxygen atoms in total. The molecule has 0 spiro atoms. The van der Waals surface area contributed by atoms with Crippen molar-refractivity contribution in [1.82, 2.24) is 0 Å². The molecule has 0 amide bonds. The zero-order valence-corrected chi connectivity index (χ0v) is 11.4. The second-order valence-electron chi connectivity index (χ2n) is 5.68. The maximum Gasteiger partial charge on any atom is 0.0823 e. The Morgan fingerprint density at radius 1 is 1.13 bits per heavy atom. The van der Waals surface area contributed by atoms with Crippen molar-refractivity contribution in [1.29, 1.82) is 0 Å². The minimum atomic E-state index is -0.120. The van der Waals surface area contributed by atoms with Gasteiger partial charge in [-0.1, -0.05) is 34.6 Å². The van der Waals surface area contributed by atoms with Crippen LogP contribution in [0.5, 0.6) is 0 Å². The summed E-state index contributed by atoms with van der Waals surface area (Å²) in [6.45, 7) is 11.1. The van der Waals surface area contributed by atoms with E-state index in [1.807, 2.05) is 0 Å². The predicted molar refractivity (Wildman–Crippen MR) is 67.0 cm³/mol. The van der Waals surface area contributed by atoms with Gasteiger partial charge in [0.25, 0.3) is 0 Å². The van der Waals surface area contributed by atoms with Gasteiger partial charge in [0.05, 0.1) is 5.60 Å². The van der Waals surface area contributed by atoms with Crippen LogP contribution in [0.4, 0.5) is 0 Å². The maximum atomic E-state index is 6.27. The minimum absolute atomic E-state index is 0.120. The third-order valence-corrected chi connectivity index (χ3v) is 3.48. The first-order chi connectivity index (χ1) is 6.81. The first kappa shape index (κ1) is 14.9. The molecular weight excluding hydrogens is 186 g/mol. The van der Waals surface area contributed by atoms with Crippen LogP contribution in [0, 0.1) is 5.41 Å². The highest BCUT2D eigenvalue weighted by Gasteiger charge is 2.33. The lowest BCUT2D eigenvalue weighted by Gasteiger charge is -2.37. The van der Waals surface area contributed by atoms with Gasteiger partial charge in [-0.25, -0.2) is 0 Å². The number of hydrogen-bond donors (Lipinski definition) is 1. The van der Waals surface area contributed by atoms with E-state index in [2.05, 4.69) is 34.6 Å². The number of nitrogens with two attached hydrogens (primary N) is 1. The predicted octanol–water partition coefficient (Wildman–Crippen LogP) is 3.35. The van der Waals surface area contributed by atoms with Gasteiger partial charge in [-0.15, -0.1) is 0 Å². The molecule has 0 rings (SSSR count). The van der Waals surface area contributed by atoms with Crippen molar-refractivity contribution in [3.8, 4) is 0 Å². The first-order valence-electron chi connectivity index (χ1n) is 6.12. The molecule has 0 aliphatic carbocycles. The molecule has 0 fully saturated rings. The van der Waals surface area contributed by atoms with E-state index in [0.29, 0.717) is 5.41 Å². The Morgan fingerprint density at radius 2 is 1.60 bits per heavy atom. The lowest BCUT2D eigenvalue weighted by molar-refractivity contribution is -0.0413. The molecule has 2 heteroatoms. The normalized spacial score (nSPS) is 15.4. The van der Waals surface area contributed by atoms with Crippen LogP contribution in [0.3, 0.4) is 0 Å². The van der Waals surface area contributed by atoms with Crippen LogP contribution in [-0.2, 0) is 4.74 Å². The van der Waals surface area contributed by atoms with Crippen molar-refractivity contribution in [3.05, 3.63) is 0 Å². The Bertz CT molecular complexity index is 160. The van der Waals surface area contributed by atoms with E-state index in [1.54, 1.807) is 7.11 Å². The highest BCUT2D eigenvalue weighted by Crippen LogP contribution is 2.29. The van der Waals surface area contributed by atoms with E-state index in [-0.39, 0.29) is 11.6 Å². The molecule has 0 aliphatic rings. The van der Waals surface area contributed by atoms with E-state index in [9.17, 15) is 0 Å². The van der Waals surface area contributed by atoms with E-state index in [4.69, 9.17) is 10.5 Å². The van der Waals surface area contributed by atoms with Gasteiger partial charge < -0.3 is 10.5 Å². The molecule has 0 saturated carbocycles. The summed E-state index contributed by atoms with van der Waals surface area (Å²) in [7, 11) is 1.78. The summed E-state index contributed by atoms with van der Waals surface area (Å²) >= 11 is 0. The van der Waals surface area contributed by atoms with Crippen molar-refractivity contribution in [2.24, 2.45) is 11.1 Å². The third-order valence-electron chi connectivity index (χ3n) is 3.48. The van der Waals surface area contributed by atoms with Gasteiger partial charge in [-0.05, 0) is 31.1 Å². The van der Waals surface area contributed by atoms with Crippen LogP contribution in [0.25, 0.3) is 0 Å². The van der Waals surface area contributed by atoms with Gasteiger partial charge >= 0.3 is 0 Å². The molecule has 2 N–H and O–H groups in total. The number of hydrogen-bond acceptors (Lipinski definition) is 2.